The Morgan fingerprint density at radius 1 is 1.24 bits per heavy atom. The summed E-state index contributed by atoms with van der Waals surface area (Å²) in [6, 6.07) is 0.675. The molecule has 0 aromatic heterocycles. The van der Waals surface area contributed by atoms with E-state index in [4.69, 9.17) is 4.74 Å². The van der Waals surface area contributed by atoms with Gasteiger partial charge in [-0.05, 0) is 44.7 Å². The highest BCUT2D eigenvalue weighted by Gasteiger charge is 2.36. The lowest BCUT2D eigenvalue weighted by Crippen LogP contribution is -2.56. The molecule has 0 amide bonds. The van der Waals surface area contributed by atoms with Crippen LogP contribution in [0.25, 0.3) is 0 Å². The van der Waals surface area contributed by atoms with Gasteiger partial charge in [0.1, 0.15) is 0 Å². The predicted octanol–water partition coefficient (Wildman–Crippen LogP) is 1.66. The van der Waals surface area contributed by atoms with Gasteiger partial charge in [0, 0.05) is 52.0 Å². The van der Waals surface area contributed by atoms with Gasteiger partial charge in [-0.15, -0.1) is 0 Å². The van der Waals surface area contributed by atoms with Crippen molar-refractivity contribution in [1.29, 1.82) is 0 Å². The van der Waals surface area contributed by atoms with Crippen LogP contribution in [-0.4, -0.2) is 75.4 Å². The van der Waals surface area contributed by atoms with Crippen LogP contribution in [-0.2, 0) is 4.74 Å². The molecular formula is C17H35N3O. The molecule has 0 aromatic carbocycles. The number of nitrogens with one attached hydrogen (secondary N) is 1. The molecule has 2 saturated heterocycles. The molecule has 2 fully saturated rings. The first kappa shape index (κ1) is 17.2. The summed E-state index contributed by atoms with van der Waals surface area (Å²) < 4.78 is 5.63. The van der Waals surface area contributed by atoms with Crippen LogP contribution in [0.4, 0.5) is 0 Å². The molecule has 0 spiro atoms. The van der Waals surface area contributed by atoms with E-state index in [9.17, 15) is 0 Å². The predicted molar refractivity (Wildman–Crippen MR) is 88.7 cm³/mol. The van der Waals surface area contributed by atoms with Crippen molar-refractivity contribution in [2.75, 3.05) is 59.5 Å². The fourth-order valence-corrected chi connectivity index (χ4v) is 3.66. The van der Waals surface area contributed by atoms with Crippen molar-refractivity contribution < 1.29 is 4.74 Å². The molecule has 4 heteroatoms. The third-order valence-corrected chi connectivity index (χ3v) is 5.11. The molecule has 1 unspecified atom stereocenters. The molecule has 4 nitrogen and oxygen atoms in total. The average molecular weight is 297 g/mol. The number of nitrogens with zero attached hydrogens (tertiary/aromatic N) is 2. The van der Waals surface area contributed by atoms with E-state index in [2.05, 4.69) is 42.9 Å². The van der Waals surface area contributed by atoms with Gasteiger partial charge >= 0.3 is 0 Å². The molecule has 1 N–H and O–H groups in total. The Morgan fingerprint density at radius 2 is 1.95 bits per heavy atom. The minimum atomic E-state index is 0.414. The second-order valence-electron chi connectivity index (χ2n) is 7.72. The van der Waals surface area contributed by atoms with Crippen molar-refractivity contribution in [2.45, 2.75) is 39.7 Å². The molecule has 0 aliphatic carbocycles. The van der Waals surface area contributed by atoms with Gasteiger partial charge in [0.15, 0.2) is 0 Å². The Balaban J connectivity index is 1.92. The minimum Gasteiger partial charge on any atom is -0.381 e. The largest absolute Gasteiger partial charge is 0.381 e. The SMILES string of the molecule is CC(C)CNCC1(CN2CCN(C)CC2C)CCOCC1. The zero-order valence-corrected chi connectivity index (χ0v) is 14.5. The lowest BCUT2D eigenvalue weighted by Gasteiger charge is -2.46. The van der Waals surface area contributed by atoms with Crippen molar-refractivity contribution >= 4 is 0 Å². The molecule has 1 atom stereocenters. The quantitative estimate of drug-likeness (QED) is 0.807. The second kappa shape index (κ2) is 7.91. The molecule has 0 radical (unpaired) electrons. The average Bonchev–Trinajstić information content (AvgIpc) is 2.43. The summed E-state index contributed by atoms with van der Waals surface area (Å²) in [4.78, 5) is 5.16. The van der Waals surface area contributed by atoms with Crippen LogP contribution in [0.2, 0.25) is 0 Å². The van der Waals surface area contributed by atoms with E-state index in [1.165, 1.54) is 39.0 Å². The molecule has 0 bridgehead atoms. The number of likely N-dealkylation sites (N-methyl/N-ethyl adjacent to an activating group) is 1. The summed E-state index contributed by atoms with van der Waals surface area (Å²) in [6.07, 6.45) is 2.41. The topological polar surface area (TPSA) is 27.7 Å². The van der Waals surface area contributed by atoms with E-state index >= 15 is 0 Å². The third-order valence-electron chi connectivity index (χ3n) is 5.11. The normalized spacial score (nSPS) is 28.1. The van der Waals surface area contributed by atoms with Crippen LogP contribution in [0, 0.1) is 11.3 Å². The lowest BCUT2D eigenvalue weighted by atomic mass is 9.79. The van der Waals surface area contributed by atoms with E-state index in [-0.39, 0.29) is 0 Å². The molecule has 0 saturated carbocycles. The van der Waals surface area contributed by atoms with Gasteiger partial charge in [0.2, 0.25) is 0 Å². The van der Waals surface area contributed by atoms with Crippen molar-refractivity contribution in [3.05, 3.63) is 0 Å². The van der Waals surface area contributed by atoms with Gasteiger partial charge in [-0.3, -0.25) is 4.90 Å². The molecule has 0 aromatic rings. The van der Waals surface area contributed by atoms with Gasteiger partial charge in [-0.25, -0.2) is 0 Å². The molecule has 124 valence electrons. The van der Waals surface area contributed by atoms with E-state index in [1.54, 1.807) is 0 Å². The van der Waals surface area contributed by atoms with Crippen LogP contribution < -0.4 is 5.32 Å². The molecular weight excluding hydrogens is 262 g/mol. The zero-order valence-electron chi connectivity index (χ0n) is 14.5. The molecule has 21 heavy (non-hydrogen) atoms. The Morgan fingerprint density at radius 3 is 2.57 bits per heavy atom. The van der Waals surface area contributed by atoms with Crippen molar-refractivity contribution in [3.8, 4) is 0 Å². The number of piperazine rings is 1. The maximum Gasteiger partial charge on any atom is 0.0472 e. The monoisotopic (exact) mass is 297 g/mol. The fourth-order valence-electron chi connectivity index (χ4n) is 3.66. The van der Waals surface area contributed by atoms with E-state index < -0.39 is 0 Å². The summed E-state index contributed by atoms with van der Waals surface area (Å²) in [5.74, 6) is 0.726. The summed E-state index contributed by atoms with van der Waals surface area (Å²) in [5.41, 5.74) is 0.414. The Kier molecular flexibility index (Phi) is 6.48. The number of rotatable bonds is 6. The Labute approximate surface area is 131 Å². The zero-order chi connectivity index (χ0) is 15.3. The number of hydrogen-bond acceptors (Lipinski definition) is 4. The minimum absolute atomic E-state index is 0.414. The highest BCUT2D eigenvalue weighted by Crippen LogP contribution is 2.32. The Hall–Kier alpha value is -0.160. The highest BCUT2D eigenvalue weighted by atomic mass is 16.5. The number of ether oxygens (including phenoxy) is 1. The van der Waals surface area contributed by atoms with Crippen LogP contribution >= 0.6 is 0 Å². The lowest BCUT2D eigenvalue weighted by molar-refractivity contribution is -0.0220. The first-order valence-corrected chi connectivity index (χ1v) is 8.72. The maximum atomic E-state index is 5.63. The molecule has 2 aliphatic heterocycles. The van der Waals surface area contributed by atoms with Gasteiger partial charge in [0.25, 0.3) is 0 Å². The smallest absolute Gasteiger partial charge is 0.0472 e. The first-order chi connectivity index (χ1) is 10.0. The fraction of sp³-hybridized carbons (Fsp3) is 1.00. The van der Waals surface area contributed by atoms with Crippen molar-refractivity contribution in [2.24, 2.45) is 11.3 Å². The van der Waals surface area contributed by atoms with Crippen LogP contribution in [0.1, 0.15) is 33.6 Å². The van der Waals surface area contributed by atoms with Crippen molar-refractivity contribution in [3.63, 3.8) is 0 Å². The van der Waals surface area contributed by atoms with Gasteiger partial charge < -0.3 is 15.0 Å². The van der Waals surface area contributed by atoms with Gasteiger partial charge in [-0.2, -0.15) is 0 Å². The van der Waals surface area contributed by atoms with Crippen LogP contribution in [0.3, 0.4) is 0 Å². The second-order valence-corrected chi connectivity index (χ2v) is 7.72. The third kappa shape index (κ3) is 5.20. The van der Waals surface area contributed by atoms with E-state index in [1.807, 2.05) is 0 Å². The Bertz CT molecular complexity index is 302. The molecule has 2 rings (SSSR count). The van der Waals surface area contributed by atoms with E-state index in [0.29, 0.717) is 11.5 Å². The summed E-state index contributed by atoms with van der Waals surface area (Å²) in [6.45, 7) is 15.9. The van der Waals surface area contributed by atoms with Crippen LogP contribution in [0.15, 0.2) is 0 Å². The standard InChI is InChI=1S/C17H35N3O/c1-15(2)11-18-13-17(5-9-21-10-6-17)14-20-8-7-19(4)12-16(20)3/h15-16,18H,5-14H2,1-4H3. The summed E-state index contributed by atoms with van der Waals surface area (Å²) >= 11 is 0. The summed E-state index contributed by atoms with van der Waals surface area (Å²) in [7, 11) is 2.24. The maximum absolute atomic E-state index is 5.63. The van der Waals surface area contributed by atoms with Gasteiger partial charge in [-0.1, -0.05) is 13.8 Å². The van der Waals surface area contributed by atoms with E-state index in [0.717, 1.165) is 32.2 Å². The molecule has 2 heterocycles. The highest BCUT2D eigenvalue weighted by molar-refractivity contribution is 4.90. The first-order valence-electron chi connectivity index (χ1n) is 8.72. The number of hydrogen-bond donors (Lipinski definition) is 1. The molecule has 2 aliphatic rings. The summed E-state index contributed by atoms with van der Waals surface area (Å²) in [5, 5.41) is 3.72. The van der Waals surface area contributed by atoms with Crippen LogP contribution in [0.5, 0.6) is 0 Å². The van der Waals surface area contributed by atoms with Gasteiger partial charge in [0.05, 0.1) is 0 Å². The van der Waals surface area contributed by atoms with Crippen molar-refractivity contribution in [1.82, 2.24) is 15.1 Å².